The van der Waals surface area contributed by atoms with Gasteiger partial charge in [-0.2, -0.15) is 13.2 Å². The van der Waals surface area contributed by atoms with Crippen molar-refractivity contribution >= 4 is 34.2 Å². The number of rotatable bonds is 4. The molecular weight excluding hydrogens is 465 g/mol. The number of hydrogen-bond acceptors (Lipinski definition) is 4. The number of esters is 1. The van der Waals surface area contributed by atoms with Crippen LogP contribution in [0.2, 0.25) is 5.02 Å². The Morgan fingerprint density at radius 3 is 2.38 bits per heavy atom. The summed E-state index contributed by atoms with van der Waals surface area (Å²) in [6, 6.07) is 7.26. The molecule has 1 fully saturated rings. The van der Waals surface area contributed by atoms with Crippen molar-refractivity contribution in [3.8, 4) is 11.1 Å². The fraction of sp³-hybridized carbons (Fsp3) is 0.409. The van der Waals surface area contributed by atoms with E-state index in [1.807, 2.05) is 0 Å². The molecule has 1 saturated heterocycles. The standard InChI is InChI=1S/C22H24ClF3N2O3S/c1-21(2,3)31-20(29)18-5-4-10-28(18)32(30)15-8-6-13(7-9-15)19-16(22(24,25)26)11-14(27)12-17(19)23/h6-9,11-12,18H,4-5,10,27H2,1-3H3. The van der Waals surface area contributed by atoms with Gasteiger partial charge in [0.1, 0.15) is 22.6 Å². The van der Waals surface area contributed by atoms with Gasteiger partial charge in [0.05, 0.1) is 15.5 Å². The maximum absolute atomic E-state index is 13.5. The zero-order valence-electron chi connectivity index (χ0n) is 17.8. The molecule has 10 heteroatoms. The molecule has 2 aromatic carbocycles. The number of alkyl halides is 3. The first-order valence-corrected chi connectivity index (χ1v) is 11.4. The average molecular weight is 489 g/mol. The zero-order chi connectivity index (χ0) is 23.8. The highest BCUT2D eigenvalue weighted by molar-refractivity contribution is 7.82. The van der Waals surface area contributed by atoms with Gasteiger partial charge in [-0.1, -0.05) is 23.7 Å². The van der Waals surface area contributed by atoms with Crippen LogP contribution in [0.5, 0.6) is 0 Å². The number of hydrogen-bond donors (Lipinski definition) is 1. The lowest BCUT2D eigenvalue weighted by Crippen LogP contribution is -2.41. The minimum Gasteiger partial charge on any atom is -0.459 e. The number of nitrogen functional groups attached to an aromatic ring is 1. The second-order valence-corrected chi connectivity index (χ2v) is 10.4. The molecule has 0 radical (unpaired) electrons. The molecule has 1 heterocycles. The van der Waals surface area contributed by atoms with Gasteiger partial charge in [0, 0.05) is 17.8 Å². The number of nitrogens with two attached hydrogens (primary N) is 1. The van der Waals surface area contributed by atoms with E-state index in [-0.39, 0.29) is 21.8 Å². The van der Waals surface area contributed by atoms with E-state index in [4.69, 9.17) is 22.1 Å². The lowest BCUT2D eigenvalue weighted by Gasteiger charge is -2.26. The van der Waals surface area contributed by atoms with Crippen molar-refractivity contribution in [2.75, 3.05) is 12.3 Å². The Labute approximate surface area is 192 Å². The van der Waals surface area contributed by atoms with Gasteiger partial charge in [-0.15, -0.1) is 0 Å². The monoisotopic (exact) mass is 488 g/mol. The molecule has 1 aliphatic heterocycles. The van der Waals surface area contributed by atoms with Gasteiger partial charge >= 0.3 is 12.1 Å². The molecule has 2 atom stereocenters. The van der Waals surface area contributed by atoms with Gasteiger partial charge in [0.25, 0.3) is 0 Å². The lowest BCUT2D eigenvalue weighted by atomic mass is 9.98. The highest BCUT2D eigenvalue weighted by Crippen LogP contribution is 2.42. The third kappa shape index (κ3) is 5.44. The van der Waals surface area contributed by atoms with Crippen molar-refractivity contribution in [3.05, 3.63) is 47.0 Å². The van der Waals surface area contributed by atoms with Crippen LogP contribution in [-0.2, 0) is 26.7 Å². The topological polar surface area (TPSA) is 72.6 Å². The number of anilines is 1. The average Bonchev–Trinajstić information content (AvgIpc) is 3.15. The van der Waals surface area contributed by atoms with E-state index < -0.39 is 40.3 Å². The molecule has 2 N–H and O–H groups in total. The van der Waals surface area contributed by atoms with Crippen molar-refractivity contribution < 1.29 is 26.9 Å². The predicted octanol–water partition coefficient (Wildman–Crippen LogP) is 5.44. The lowest BCUT2D eigenvalue weighted by molar-refractivity contribution is -0.158. The van der Waals surface area contributed by atoms with E-state index in [9.17, 15) is 22.2 Å². The molecule has 0 amide bonds. The number of carbonyl (C=O) groups is 1. The predicted molar refractivity (Wildman–Crippen MR) is 118 cm³/mol. The van der Waals surface area contributed by atoms with Gasteiger partial charge in [-0.25, -0.2) is 8.51 Å². The molecule has 32 heavy (non-hydrogen) atoms. The SMILES string of the molecule is CC(C)(C)OC(=O)C1CCCN1S(=O)c1ccc(-c2c(Cl)cc(N)cc2C(F)(F)F)cc1. The maximum atomic E-state index is 13.5. The van der Waals surface area contributed by atoms with Crippen LogP contribution in [0, 0.1) is 0 Å². The third-order valence-corrected chi connectivity index (χ3v) is 6.69. The molecule has 2 aromatic rings. The van der Waals surface area contributed by atoms with Crippen LogP contribution in [-0.4, -0.2) is 32.7 Å². The largest absolute Gasteiger partial charge is 0.459 e. The van der Waals surface area contributed by atoms with E-state index in [2.05, 4.69) is 0 Å². The fourth-order valence-electron chi connectivity index (χ4n) is 3.56. The second kappa shape index (κ2) is 9.03. The first-order chi connectivity index (χ1) is 14.8. The highest BCUT2D eigenvalue weighted by atomic mass is 35.5. The molecule has 0 aromatic heterocycles. The molecule has 2 unspecified atom stereocenters. The van der Waals surface area contributed by atoms with Crippen molar-refractivity contribution in [3.63, 3.8) is 0 Å². The summed E-state index contributed by atoms with van der Waals surface area (Å²) < 4.78 is 60.7. The Hall–Kier alpha value is -2.10. The van der Waals surface area contributed by atoms with Crippen LogP contribution in [0.25, 0.3) is 11.1 Å². The molecule has 0 aliphatic carbocycles. The van der Waals surface area contributed by atoms with Crippen molar-refractivity contribution in [2.45, 2.75) is 56.3 Å². The number of nitrogens with zero attached hydrogens (tertiary/aromatic N) is 1. The molecule has 1 aliphatic rings. The number of halogens is 4. The van der Waals surface area contributed by atoms with Crippen LogP contribution in [0.4, 0.5) is 18.9 Å². The Bertz CT molecular complexity index is 1040. The van der Waals surface area contributed by atoms with Gasteiger partial charge in [-0.3, -0.25) is 4.79 Å². The number of ether oxygens (including phenoxy) is 1. The quantitative estimate of drug-likeness (QED) is 0.459. The summed E-state index contributed by atoms with van der Waals surface area (Å²) in [5.41, 5.74) is 3.87. The van der Waals surface area contributed by atoms with E-state index >= 15 is 0 Å². The molecule has 0 spiro atoms. The Morgan fingerprint density at radius 2 is 1.81 bits per heavy atom. The summed E-state index contributed by atoms with van der Waals surface area (Å²) >= 11 is 6.09. The summed E-state index contributed by atoms with van der Waals surface area (Å²) in [6.07, 6.45) is -3.44. The van der Waals surface area contributed by atoms with Crippen LogP contribution >= 0.6 is 11.6 Å². The summed E-state index contributed by atoms with van der Waals surface area (Å²) in [5.74, 6) is -0.441. The first-order valence-electron chi connectivity index (χ1n) is 9.96. The van der Waals surface area contributed by atoms with Gasteiger partial charge in [-0.05, 0) is 63.4 Å². The number of carbonyl (C=O) groups excluding carboxylic acids is 1. The number of benzene rings is 2. The summed E-state index contributed by atoms with van der Waals surface area (Å²) in [5, 5.41) is -0.129. The van der Waals surface area contributed by atoms with Crippen LogP contribution < -0.4 is 5.73 Å². The molecule has 5 nitrogen and oxygen atoms in total. The smallest absolute Gasteiger partial charge is 0.417 e. The highest BCUT2D eigenvalue weighted by Gasteiger charge is 2.38. The molecule has 0 bridgehead atoms. The molecule has 174 valence electrons. The second-order valence-electron chi connectivity index (χ2n) is 8.53. The van der Waals surface area contributed by atoms with E-state index in [1.165, 1.54) is 30.3 Å². The minimum atomic E-state index is -4.65. The fourth-order valence-corrected chi connectivity index (χ4v) is 5.26. The van der Waals surface area contributed by atoms with Crippen molar-refractivity contribution in [1.82, 2.24) is 4.31 Å². The zero-order valence-corrected chi connectivity index (χ0v) is 19.4. The summed E-state index contributed by atoms with van der Waals surface area (Å²) in [6.45, 7) is 5.73. The Balaban J connectivity index is 1.88. The Morgan fingerprint density at radius 1 is 1.19 bits per heavy atom. The van der Waals surface area contributed by atoms with E-state index in [0.29, 0.717) is 24.3 Å². The first kappa shape index (κ1) is 24.5. The van der Waals surface area contributed by atoms with E-state index in [1.54, 1.807) is 25.1 Å². The van der Waals surface area contributed by atoms with Crippen molar-refractivity contribution in [1.29, 1.82) is 0 Å². The van der Waals surface area contributed by atoms with Crippen LogP contribution in [0.1, 0.15) is 39.2 Å². The van der Waals surface area contributed by atoms with Crippen molar-refractivity contribution in [2.24, 2.45) is 0 Å². The van der Waals surface area contributed by atoms with Gasteiger partial charge in [0.2, 0.25) is 0 Å². The normalized spacial score (nSPS) is 18.5. The molecule has 0 saturated carbocycles. The minimum absolute atomic E-state index is 0.0917. The maximum Gasteiger partial charge on any atom is 0.417 e. The molecule has 3 rings (SSSR count). The van der Waals surface area contributed by atoms with E-state index in [0.717, 1.165) is 6.07 Å². The van der Waals surface area contributed by atoms with Crippen LogP contribution in [0.15, 0.2) is 41.3 Å². The Kier molecular flexibility index (Phi) is 6.93. The van der Waals surface area contributed by atoms with Gasteiger partial charge in [0.15, 0.2) is 0 Å². The third-order valence-electron chi connectivity index (χ3n) is 4.86. The molecular formula is C22H24ClF3N2O3S. The van der Waals surface area contributed by atoms with Gasteiger partial charge < -0.3 is 10.5 Å². The summed E-state index contributed by atoms with van der Waals surface area (Å²) in [7, 11) is -1.68. The summed E-state index contributed by atoms with van der Waals surface area (Å²) in [4.78, 5) is 12.9. The van der Waals surface area contributed by atoms with Crippen LogP contribution in [0.3, 0.4) is 0 Å².